The molecule has 4 rings (SSSR count). The van der Waals surface area contributed by atoms with E-state index in [1.54, 1.807) is 11.1 Å². The molecule has 0 atom stereocenters. The number of alkyl halides is 3. The van der Waals surface area contributed by atoms with Crippen LogP contribution in [0.2, 0.25) is 0 Å². The average molecular weight is 511 g/mol. The fraction of sp³-hybridized carbons (Fsp3) is 0.231. The topological polar surface area (TPSA) is 85.2 Å². The largest absolute Gasteiger partial charge is 0.573 e. The Morgan fingerprint density at radius 3 is 2.49 bits per heavy atom. The zero-order valence-corrected chi connectivity index (χ0v) is 20.4. The summed E-state index contributed by atoms with van der Waals surface area (Å²) < 4.78 is 42.9. The van der Waals surface area contributed by atoms with Crippen molar-refractivity contribution >= 4 is 11.7 Å². The lowest BCUT2D eigenvalue weighted by Crippen LogP contribution is -2.39. The number of hydrogen-bond donors (Lipinski definition) is 1. The summed E-state index contributed by atoms with van der Waals surface area (Å²) in [6, 6.07) is 14.0. The molecule has 1 N–H and O–H groups in total. The highest BCUT2D eigenvalue weighted by molar-refractivity contribution is 5.89. The van der Waals surface area contributed by atoms with Gasteiger partial charge in [-0.25, -0.2) is 19.7 Å². The Morgan fingerprint density at radius 2 is 1.84 bits per heavy atom. The molecule has 0 unspecified atom stereocenters. The van der Waals surface area contributed by atoms with Gasteiger partial charge in [0.1, 0.15) is 23.7 Å². The van der Waals surface area contributed by atoms with Crippen molar-refractivity contribution in [2.24, 2.45) is 0 Å². The number of urea groups is 1. The normalized spacial score (nSPS) is 11.4. The maximum Gasteiger partial charge on any atom is 0.573 e. The van der Waals surface area contributed by atoms with E-state index in [2.05, 4.69) is 25.0 Å². The molecule has 2 amide bonds. The van der Waals surface area contributed by atoms with Crippen LogP contribution in [0.1, 0.15) is 25.2 Å². The number of aryl methyl sites for hydroxylation is 1. The highest BCUT2D eigenvalue weighted by Crippen LogP contribution is 2.25. The first kappa shape index (κ1) is 25.7. The average Bonchev–Trinajstić information content (AvgIpc) is 3.29. The number of imidazole rings is 1. The number of rotatable bonds is 7. The molecule has 0 saturated heterocycles. The van der Waals surface area contributed by atoms with Gasteiger partial charge in [0.25, 0.3) is 0 Å². The lowest BCUT2D eigenvalue weighted by atomic mass is 10.1. The molecule has 37 heavy (non-hydrogen) atoms. The molecule has 0 bridgehead atoms. The second kappa shape index (κ2) is 10.7. The van der Waals surface area contributed by atoms with Gasteiger partial charge in [0.15, 0.2) is 0 Å². The van der Waals surface area contributed by atoms with Crippen molar-refractivity contribution in [3.05, 3.63) is 84.7 Å². The Bertz CT molecular complexity index is 1370. The van der Waals surface area contributed by atoms with E-state index in [1.807, 2.05) is 61.9 Å². The number of ether oxygens (including phenoxy) is 1. The van der Waals surface area contributed by atoms with Crippen LogP contribution < -0.4 is 10.1 Å². The van der Waals surface area contributed by atoms with Gasteiger partial charge in [-0.3, -0.25) is 4.57 Å². The van der Waals surface area contributed by atoms with E-state index in [0.29, 0.717) is 18.1 Å². The van der Waals surface area contributed by atoms with Crippen molar-refractivity contribution in [2.45, 2.75) is 39.7 Å². The van der Waals surface area contributed by atoms with Crippen molar-refractivity contribution in [3.8, 4) is 22.8 Å². The Labute approximate surface area is 211 Å². The van der Waals surface area contributed by atoms with E-state index in [4.69, 9.17) is 0 Å². The summed E-state index contributed by atoms with van der Waals surface area (Å²) in [5, 5.41) is 2.73. The summed E-state index contributed by atoms with van der Waals surface area (Å²) >= 11 is 0. The van der Waals surface area contributed by atoms with Gasteiger partial charge in [-0.2, -0.15) is 0 Å². The molecular formula is C26H25F3N6O2. The Hall–Kier alpha value is -4.41. The third-order valence-corrected chi connectivity index (χ3v) is 5.52. The zero-order valence-electron chi connectivity index (χ0n) is 20.4. The fourth-order valence-electron chi connectivity index (χ4n) is 3.71. The van der Waals surface area contributed by atoms with Crippen LogP contribution >= 0.6 is 0 Å². The molecule has 0 spiro atoms. The first-order chi connectivity index (χ1) is 17.6. The van der Waals surface area contributed by atoms with Crippen LogP contribution in [0, 0.1) is 6.92 Å². The van der Waals surface area contributed by atoms with E-state index in [1.165, 1.54) is 18.5 Å². The van der Waals surface area contributed by atoms with Crippen LogP contribution in [0.15, 0.2) is 73.3 Å². The van der Waals surface area contributed by atoms with Crippen molar-refractivity contribution in [3.63, 3.8) is 0 Å². The van der Waals surface area contributed by atoms with Gasteiger partial charge in [0.2, 0.25) is 0 Å². The number of nitrogens with one attached hydrogen (secondary N) is 1. The number of hydrogen-bond acceptors (Lipinski definition) is 5. The smallest absolute Gasteiger partial charge is 0.406 e. The van der Waals surface area contributed by atoms with Crippen LogP contribution in [-0.2, 0) is 6.54 Å². The molecular weight excluding hydrogens is 485 g/mol. The first-order valence-electron chi connectivity index (χ1n) is 11.4. The number of carbonyl (C=O) groups is 1. The van der Waals surface area contributed by atoms with Crippen LogP contribution in [0.25, 0.3) is 17.1 Å². The quantitative estimate of drug-likeness (QED) is 0.331. The molecule has 4 aromatic rings. The minimum atomic E-state index is -4.78. The third-order valence-electron chi connectivity index (χ3n) is 5.52. The molecule has 0 saturated carbocycles. The van der Waals surface area contributed by atoms with Gasteiger partial charge in [-0.1, -0.05) is 18.2 Å². The molecule has 0 aliphatic rings. The minimum Gasteiger partial charge on any atom is -0.406 e. The Kier molecular flexibility index (Phi) is 7.42. The van der Waals surface area contributed by atoms with E-state index in [9.17, 15) is 18.0 Å². The van der Waals surface area contributed by atoms with E-state index in [0.717, 1.165) is 34.8 Å². The maximum absolute atomic E-state index is 13.0. The molecule has 2 heterocycles. The lowest BCUT2D eigenvalue weighted by Gasteiger charge is -2.27. The lowest BCUT2D eigenvalue weighted by molar-refractivity contribution is -0.274. The summed E-state index contributed by atoms with van der Waals surface area (Å²) in [7, 11) is 0. The Balaban J connectivity index is 1.49. The van der Waals surface area contributed by atoms with Gasteiger partial charge < -0.3 is 15.0 Å². The summed E-state index contributed by atoms with van der Waals surface area (Å²) in [6.45, 7) is 5.96. The van der Waals surface area contributed by atoms with Gasteiger partial charge in [-0.15, -0.1) is 13.2 Å². The number of halogens is 3. The molecule has 192 valence electrons. The van der Waals surface area contributed by atoms with Gasteiger partial charge >= 0.3 is 12.4 Å². The molecule has 0 radical (unpaired) electrons. The van der Waals surface area contributed by atoms with E-state index < -0.39 is 6.36 Å². The molecule has 2 aromatic carbocycles. The van der Waals surface area contributed by atoms with E-state index in [-0.39, 0.29) is 17.8 Å². The summed E-state index contributed by atoms with van der Waals surface area (Å²) in [6.07, 6.45) is 0.247. The SMILES string of the molecule is Cc1nccn1-c1cc(-c2cccc(CN(C(=O)Nc3ccc(OC(F)(F)F)cc3)C(C)C)c2)ncn1. The zero-order chi connectivity index (χ0) is 26.6. The number of benzene rings is 2. The third kappa shape index (κ3) is 6.63. The van der Waals surface area contributed by atoms with Crippen LogP contribution in [0.4, 0.5) is 23.7 Å². The highest BCUT2D eigenvalue weighted by Gasteiger charge is 2.31. The number of anilines is 1. The molecule has 0 fully saturated rings. The summed E-state index contributed by atoms with van der Waals surface area (Å²) in [5.41, 5.74) is 2.82. The van der Waals surface area contributed by atoms with Crippen molar-refractivity contribution in [1.82, 2.24) is 24.4 Å². The maximum atomic E-state index is 13.0. The second-order valence-electron chi connectivity index (χ2n) is 8.53. The Morgan fingerprint density at radius 1 is 1.08 bits per heavy atom. The van der Waals surface area contributed by atoms with Gasteiger partial charge in [0.05, 0.1) is 5.69 Å². The molecule has 11 heteroatoms. The molecule has 0 aliphatic heterocycles. The molecule has 8 nitrogen and oxygen atoms in total. The van der Waals surface area contributed by atoms with Crippen LogP contribution in [-0.4, -0.2) is 42.9 Å². The molecule has 0 aliphatic carbocycles. The molecule has 2 aromatic heterocycles. The monoisotopic (exact) mass is 510 g/mol. The highest BCUT2D eigenvalue weighted by atomic mass is 19.4. The van der Waals surface area contributed by atoms with Crippen LogP contribution in [0.3, 0.4) is 0 Å². The van der Waals surface area contributed by atoms with E-state index >= 15 is 0 Å². The number of amides is 2. The predicted molar refractivity (Wildman–Crippen MR) is 132 cm³/mol. The van der Waals surface area contributed by atoms with Gasteiger partial charge in [0, 0.05) is 42.3 Å². The standard InChI is InChI=1S/C26H25F3N6O2/c1-17(2)35(25(36)33-21-7-9-22(10-8-21)37-26(27,28)29)15-19-5-4-6-20(13-19)23-14-24(32-16-31-23)34-12-11-30-18(34)3/h4-14,16-17H,15H2,1-3H3,(H,33,36). The van der Waals surface area contributed by atoms with Crippen molar-refractivity contribution in [2.75, 3.05) is 5.32 Å². The summed E-state index contributed by atoms with van der Waals surface area (Å²) in [5.74, 6) is 1.14. The van der Waals surface area contributed by atoms with Crippen molar-refractivity contribution < 1.29 is 22.7 Å². The fourth-order valence-corrected chi connectivity index (χ4v) is 3.71. The van der Waals surface area contributed by atoms with Crippen LogP contribution in [0.5, 0.6) is 5.75 Å². The predicted octanol–water partition coefficient (Wildman–Crippen LogP) is 5.98. The van der Waals surface area contributed by atoms with Crippen molar-refractivity contribution in [1.29, 1.82) is 0 Å². The number of aromatic nitrogens is 4. The number of carbonyl (C=O) groups excluding carboxylic acids is 1. The van der Waals surface area contributed by atoms with Gasteiger partial charge in [-0.05, 0) is 56.7 Å². The minimum absolute atomic E-state index is 0.147. The number of nitrogens with zero attached hydrogens (tertiary/aromatic N) is 5. The second-order valence-corrected chi connectivity index (χ2v) is 8.53. The first-order valence-corrected chi connectivity index (χ1v) is 11.4. The summed E-state index contributed by atoms with van der Waals surface area (Å²) in [4.78, 5) is 27.6.